The maximum atomic E-state index is 10.8. The van der Waals surface area contributed by atoms with E-state index in [1.165, 1.54) is 0 Å². The summed E-state index contributed by atoms with van der Waals surface area (Å²) < 4.78 is 0. The molecular weight excluding hydrogens is 322 g/mol. The van der Waals surface area contributed by atoms with Crippen LogP contribution in [0.1, 0.15) is 29.8 Å². The van der Waals surface area contributed by atoms with E-state index in [0.717, 1.165) is 31.7 Å². The molecular formula is C18H31N3O4. The molecule has 0 aliphatic rings. The number of hydrogen-bond acceptors (Lipinski definition) is 6. The molecule has 0 radical (unpaired) electrons. The van der Waals surface area contributed by atoms with E-state index in [1.54, 1.807) is 26.0 Å². The SMILES string of the molecule is C[C@H](O)CNCCN(CCNCc1ccc(C(=O)O)cc1)C[C@H](C)O. The second-order valence-corrected chi connectivity index (χ2v) is 6.38. The fraction of sp³-hybridized carbons (Fsp3) is 0.611. The fourth-order valence-electron chi connectivity index (χ4n) is 2.45. The molecule has 25 heavy (non-hydrogen) atoms. The Kier molecular flexibility index (Phi) is 10.3. The highest BCUT2D eigenvalue weighted by Crippen LogP contribution is 2.04. The molecule has 0 bridgehead atoms. The van der Waals surface area contributed by atoms with E-state index < -0.39 is 5.97 Å². The Balaban J connectivity index is 2.29. The first-order valence-corrected chi connectivity index (χ1v) is 8.70. The topological polar surface area (TPSA) is 105 Å². The largest absolute Gasteiger partial charge is 0.478 e. The number of nitrogens with one attached hydrogen (secondary N) is 2. The van der Waals surface area contributed by atoms with Crippen molar-refractivity contribution < 1.29 is 20.1 Å². The third-order valence-corrected chi connectivity index (χ3v) is 3.70. The minimum Gasteiger partial charge on any atom is -0.478 e. The maximum absolute atomic E-state index is 10.8. The van der Waals surface area contributed by atoms with Gasteiger partial charge in [0.25, 0.3) is 0 Å². The van der Waals surface area contributed by atoms with Crippen LogP contribution in [0.3, 0.4) is 0 Å². The lowest BCUT2D eigenvalue weighted by Gasteiger charge is -2.24. The maximum Gasteiger partial charge on any atom is 0.335 e. The summed E-state index contributed by atoms with van der Waals surface area (Å²) in [4.78, 5) is 13.0. The summed E-state index contributed by atoms with van der Waals surface area (Å²) in [6, 6.07) is 6.83. The van der Waals surface area contributed by atoms with Crippen LogP contribution >= 0.6 is 0 Å². The first kappa shape index (κ1) is 21.5. The molecule has 0 aliphatic carbocycles. The van der Waals surface area contributed by atoms with Gasteiger partial charge in [0, 0.05) is 45.8 Å². The van der Waals surface area contributed by atoms with Crippen molar-refractivity contribution >= 4 is 5.97 Å². The van der Waals surface area contributed by atoms with Gasteiger partial charge in [0.1, 0.15) is 0 Å². The molecule has 0 heterocycles. The second kappa shape index (κ2) is 11.9. The molecule has 7 heteroatoms. The van der Waals surface area contributed by atoms with Gasteiger partial charge in [-0.2, -0.15) is 0 Å². The quantitative estimate of drug-likeness (QED) is 0.321. The standard InChI is InChI=1S/C18H31N3O4/c1-14(22)11-19-7-9-21(13-15(2)23)10-8-20-12-16-3-5-17(6-4-16)18(24)25/h3-6,14-15,19-20,22-23H,7-13H2,1-2H3,(H,24,25)/t14-,15-/m0/s1. The molecule has 0 fully saturated rings. The Morgan fingerprint density at radius 1 is 1.04 bits per heavy atom. The number of carboxylic acid groups (broad SMARTS) is 1. The minimum absolute atomic E-state index is 0.288. The number of nitrogens with zero attached hydrogens (tertiary/aromatic N) is 1. The lowest BCUT2D eigenvalue weighted by atomic mass is 10.1. The van der Waals surface area contributed by atoms with Crippen LogP contribution in [0.25, 0.3) is 0 Å². The molecule has 0 amide bonds. The molecule has 1 aromatic rings. The Labute approximate surface area is 149 Å². The summed E-state index contributed by atoms with van der Waals surface area (Å²) in [6.45, 7) is 8.47. The van der Waals surface area contributed by atoms with Gasteiger partial charge in [-0.15, -0.1) is 0 Å². The lowest BCUT2D eigenvalue weighted by molar-refractivity contribution is 0.0697. The van der Waals surface area contributed by atoms with Crippen LogP contribution < -0.4 is 10.6 Å². The minimum atomic E-state index is -0.919. The van der Waals surface area contributed by atoms with E-state index in [9.17, 15) is 15.0 Å². The fourth-order valence-corrected chi connectivity index (χ4v) is 2.45. The number of benzene rings is 1. The molecule has 0 spiro atoms. The van der Waals surface area contributed by atoms with Crippen molar-refractivity contribution in [3.8, 4) is 0 Å². The Bertz CT molecular complexity index is 492. The van der Waals surface area contributed by atoms with Gasteiger partial charge in [-0.25, -0.2) is 4.79 Å². The van der Waals surface area contributed by atoms with Gasteiger partial charge in [0.05, 0.1) is 17.8 Å². The van der Waals surface area contributed by atoms with E-state index in [1.807, 2.05) is 12.1 Å². The van der Waals surface area contributed by atoms with Crippen molar-refractivity contribution in [1.82, 2.24) is 15.5 Å². The number of hydrogen-bond donors (Lipinski definition) is 5. The third kappa shape index (κ3) is 10.2. The summed E-state index contributed by atoms with van der Waals surface area (Å²) in [6.07, 6.45) is -0.750. The van der Waals surface area contributed by atoms with Crippen molar-refractivity contribution in [2.75, 3.05) is 39.3 Å². The molecule has 1 rings (SSSR count). The van der Waals surface area contributed by atoms with Crippen LogP contribution in [0.15, 0.2) is 24.3 Å². The summed E-state index contributed by atoms with van der Waals surface area (Å²) in [5, 5.41) is 34.2. The Hall–Kier alpha value is -1.51. The van der Waals surface area contributed by atoms with Crippen LogP contribution in [0.2, 0.25) is 0 Å². The lowest BCUT2D eigenvalue weighted by Crippen LogP contribution is -2.41. The van der Waals surface area contributed by atoms with Crippen LogP contribution in [0.5, 0.6) is 0 Å². The monoisotopic (exact) mass is 353 g/mol. The summed E-state index contributed by atoms with van der Waals surface area (Å²) in [5.74, 6) is -0.919. The van der Waals surface area contributed by atoms with E-state index in [-0.39, 0.29) is 17.8 Å². The van der Waals surface area contributed by atoms with Gasteiger partial charge in [0.2, 0.25) is 0 Å². The predicted octanol–water partition coefficient (Wildman–Crippen LogP) is 0.128. The number of carbonyl (C=O) groups is 1. The smallest absolute Gasteiger partial charge is 0.335 e. The molecule has 0 saturated carbocycles. The van der Waals surface area contributed by atoms with E-state index in [0.29, 0.717) is 19.6 Å². The molecule has 0 saturated heterocycles. The zero-order chi connectivity index (χ0) is 18.7. The normalized spacial score (nSPS) is 13.8. The van der Waals surface area contributed by atoms with Gasteiger partial charge in [0.15, 0.2) is 0 Å². The zero-order valence-corrected chi connectivity index (χ0v) is 15.1. The Morgan fingerprint density at radius 2 is 1.64 bits per heavy atom. The molecule has 2 atom stereocenters. The number of carboxylic acids is 1. The van der Waals surface area contributed by atoms with Gasteiger partial charge in [-0.1, -0.05) is 12.1 Å². The van der Waals surface area contributed by atoms with Crippen molar-refractivity contribution in [1.29, 1.82) is 0 Å². The van der Waals surface area contributed by atoms with Crippen molar-refractivity contribution in [2.24, 2.45) is 0 Å². The Morgan fingerprint density at radius 3 is 2.16 bits per heavy atom. The highest BCUT2D eigenvalue weighted by atomic mass is 16.4. The van der Waals surface area contributed by atoms with Gasteiger partial charge >= 0.3 is 5.97 Å². The van der Waals surface area contributed by atoms with Gasteiger partial charge < -0.3 is 26.0 Å². The van der Waals surface area contributed by atoms with E-state index >= 15 is 0 Å². The van der Waals surface area contributed by atoms with Crippen LogP contribution in [0.4, 0.5) is 0 Å². The third-order valence-electron chi connectivity index (χ3n) is 3.70. The summed E-state index contributed by atoms with van der Waals surface area (Å²) >= 11 is 0. The summed E-state index contributed by atoms with van der Waals surface area (Å²) in [5.41, 5.74) is 1.32. The zero-order valence-electron chi connectivity index (χ0n) is 15.1. The number of aliphatic hydroxyl groups excluding tert-OH is 2. The molecule has 142 valence electrons. The van der Waals surface area contributed by atoms with Crippen LogP contribution in [0, 0.1) is 0 Å². The first-order valence-electron chi connectivity index (χ1n) is 8.70. The summed E-state index contributed by atoms with van der Waals surface area (Å²) in [7, 11) is 0. The molecule has 7 nitrogen and oxygen atoms in total. The number of rotatable bonds is 13. The molecule has 0 unspecified atom stereocenters. The van der Waals surface area contributed by atoms with Gasteiger partial charge in [-0.3, -0.25) is 4.90 Å². The van der Waals surface area contributed by atoms with E-state index in [2.05, 4.69) is 15.5 Å². The number of aliphatic hydroxyl groups is 2. The average Bonchev–Trinajstić information content (AvgIpc) is 2.55. The van der Waals surface area contributed by atoms with Crippen molar-refractivity contribution in [3.63, 3.8) is 0 Å². The first-order chi connectivity index (χ1) is 11.9. The molecule has 0 aliphatic heterocycles. The highest BCUT2D eigenvalue weighted by molar-refractivity contribution is 5.87. The molecule has 5 N–H and O–H groups in total. The van der Waals surface area contributed by atoms with Crippen LogP contribution in [-0.4, -0.2) is 77.7 Å². The average molecular weight is 353 g/mol. The van der Waals surface area contributed by atoms with Gasteiger partial charge in [-0.05, 0) is 31.5 Å². The molecule has 0 aromatic heterocycles. The van der Waals surface area contributed by atoms with Crippen molar-refractivity contribution in [3.05, 3.63) is 35.4 Å². The molecule has 1 aromatic carbocycles. The number of aromatic carboxylic acids is 1. The predicted molar refractivity (Wildman–Crippen MR) is 97.8 cm³/mol. The second-order valence-electron chi connectivity index (χ2n) is 6.38. The van der Waals surface area contributed by atoms with Crippen molar-refractivity contribution in [2.45, 2.75) is 32.6 Å². The van der Waals surface area contributed by atoms with Crippen LogP contribution in [-0.2, 0) is 6.54 Å². The van der Waals surface area contributed by atoms with E-state index in [4.69, 9.17) is 5.11 Å². The highest BCUT2D eigenvalue weighted by Gasteiger charge is 2.08.